The molecule has 0 aliphatic heterocycles. The molecule has 2 rings (SSSR count). The maximum Gasteiger partial charge on any atom is 0.255 e. The standard InChI is InChI=1S/C26H40N2O3/c1-18(2)11-13-27(14-12-19(3)4)24(29)17-28-23-16-21(31-8)10-9-20(23)15-22(25(28)30)26(5,6)7/h9-10,15-16,18-19H,11-14,17H2,1-8H3. The molecule has 0 bridgehead atoms. The van der Waals surface area contributed by atoms with E-state index in [0.717, 1.165) is 36.8 Å². The van der Waals surface area contributed by atoms with Crippen LogP contribution in [0.15, 0.2) is 29.1 Å². The van der Waals surface area contributed by atoms with Crippen molar-refractivity contribution in [3.8, 4) is 5.75 Å². The number of rotatable bonds is 9. The number of methoxy groups -OCH3 is 1. The van der Waals surface area contributed by atoms with Crippen LogP contribution in [0.4, 0.5) is 0 Å². The Labute approximate surface area is 187 Å². The van der Waals surface area contributed by atoms with Crippen LogP contribution in [0.3, 0.4) is 0 Å². The highest BCUT2D eigenvalue weighted by Gasteiger charge is 2.23. The van der Waals surface area contributed by atoms with E-state index in [1.54, 1.807) is 11.7 Å². The Hall–Kier alpha value is -2.30. The lowest BCUT2D eigenvalue weighted by Crippen LogP contribution is -2.40. The highest BCUT2D eigenvalue weighted by atomic mass is 16.5. The van der Waals surface area contributed by atoms with Crippen LogP contribution in [-0.2, 0) is 16.8 Å². The highest BCUT2D eigenvalue weighted by molar-refractivity contribution is 5.84. The van der Waals surface area contributed by atoms with Crippen molar-refractivity contribution in [1.82, 2.24) is 9.47 Å². The first-order chi connectivity index (χ1) is 14.4. The molecule has 0 atom stereocenters. The normalized spacial score (nSPS) is 12.1. The van der Waals surface area contributed by atoms with Gasteiger partial charge in [-0.05, 0) is 53.7 Å². The summed E-state index contributed by atoms with van der Waals surface area (Å²) in [5, 5.41) is 0.939. The van der Waals surface area contributed by atoms with Crippen molar-refractivity contribution in [2.75, 3.05) is 20.2 Å². The van der Waals surface area contributed by atoms with Crippen molar-refractivity contribution in [1.29, 1.82) is 0 Å². The monoisotopic (exact) mass is 428 g/mol. The molecule has 0 fully saturated rings. The molecule has 1 aromatic carbocycles. The molecular formula is C26H40N2O3. The van der Waals surface area contributed by atoms with E-state index in [9.17, 15) is 9.59 Å². The van der Waals surface area contributed by atoms with Gasteiger partial charge in [-0.25, -0.2) is 0 Å². The fourth-order valence-electron chi connectivity index (χ4n) is 3.60. The Balaban J connectivity index is 2.51. The Kier molecular flexibility index (Phi) is 8.33. The molecule has 2 aromatic rings. The minimum absolute atomic E-state index is 0.00132. The summed E-state index contributed by atoms with van der Waals surface area (Å²) in [5.74, 6) is 1.71. The summed E-state index contributed by atoms with van der Waals surface area (Å²) in [6.07, 6.45) is 1.91. The van der Waals surface area contributed by atoms with E-state index in [1.165, 1.54) is 0 Å². The van der Waals surface area contributed by atoms with Gasteiger partial charge in [0.05, 0.1) is 12.6 Å². The summed E-state index contributed by atoms with van der Waals surface area (Å²) < 4.78 is 7.02. The predicted molar refractivity (Wildman–Crippen MR) is 129 cm³/mol. The zero-order valence-electron chi connectivity index (χ0n) is 20.6. The largest absolute Gasteiger partial charge is 0.497 e. The summed E-state index contributed by atoms with van der Waals surface area (Å²) >= 11 is 0. The van der Waals surface area contributed by atoms with Gasteiger partial charge in [0.2, 0.25) is 5.91 Å². The smallest absolute Gasteiger partial charge is 0.255 e. The lowest BCUT2D eigenvalue weighted by atomic mass is 9.87. The highest BCUT2D eigenvalue weighted by Crippen LogP contribution is 2.26. The van der Waals surface area contributed by atoms with Gasteiger partial charge in [0, 0.05) is 24.7 Å². The van der Waals surface area contributed by atoms with Gasteiger partial charge < -0.3 is 9.64 Å². The summed E-state index contributed by atoms with van der Waals surface area (Å²) in [4.78, 5) is 28.8. The average molecular weight is 429 g/mol. The fourth-order valence-corrected chi connectivity index (χ4v) is 3.60. The molecule has 0 aliphatic rings. The van der Waals surface area contributed by atoms with Gasteiger partial charge in [-0.2, -0.15) is 0 Å². The molecule has 5 heteroatoms. The van der Waals surface area contributed by atoms with Crippen LogP contribution in [0.5, 0.6) is 5.75 Å². The van der Waals surface area contributed by atoms with Crippen LogP contribution in [0, 0.1) is 11.8 Å². The van der Waals surface area contributed by atoms with Gasteiger partial charge in [0.1, 0.15) is 12.3 Å². The SMILES string of the molecule is COc1ccc2cc(C(C)(C)C)c(=O)n(CC(=O)N(CCC(C)C)CCC(C)C)c2c1. The van der Waals surface area contributed by atoms with Crippen LogP contribution >= 0.6 is 0 Å². The van der Waals surface area contributed by atoms with Crippen LogP contribution in [0.25, 0.3) is 10.9 Å². The van der Waals surface area contributed by atoms with E-state index in [2.05, 4.69) is 27.7 Å². The van der Waals surface area contributed by atoms with E-state index in [-0.39, 0.29) is 23.4 Å². The summed E-state index contributed by atoms with van der Waals surface area (Å²) in [7, 11) is 1.61. The number of aromatic nitrogens is 1. The molecule has 0 aliphatic carbocycles. The van der Waals surface area contributed by atoms with E-state index in [0.29, 0.717) is 23.1 Å². The zero-order chi connectivity index (χ0) is 23.3. The summed E-state index contributed by atoms with van der Waals surface area (Å²) in [6.45, 7) is 16.3. The maximum absolute atomic E-state index is 13.5. The van der Waals surface area contributed by atoms with Gasteiger partial charge in [0.15, 0.2) is 0 Å². The molecule has 0 unspecified atom stereocenters. The van der Waals surface area contributed by atoms with Crippen molar-refractivity contribution in [3.05, 3.63) is 40.2 Å². The minimum atomic E-state index is -0.315. The van der Waals surface area contributed by atoms with Crippen molar-refractivity contribution in [3.63, 3.8) is 0 Å². The van der Waals surface area contributed by atoms with Crippen molar-refractivity contribution >= 4 is 16.8 Å². The number of nitrogens with zero attached hydrogens (tertiary/aromatic N) is 2. The Morgan fingerprint density at radius 3 is 2.10 bits per heavy atom. The number of ether oxygens (including phenoxy) is 1. The van der Waals surface area contributed by atoms with Crippen molar-refractivity contribution < 1.29 is 9.53 Å². The number of fused-ring (bicyclic) bond motifs is 1. The molecule has 0 N–H and O–H groups in total. The quantitative estimate of drug-likeness (QED) is 0.550. The first-order valence-corrected chi connectivity index (χ1v) is 11.4. The third-order valence-electron chi connectivity index (χ3n) is 5.71. The first-order valence-electron chi connectivity index (χ1n) is 11.4. The van der Waals surface area contributed by atoms with Gasteiger partial charge in [-0.1, -0.05) is 48.5 Å². The molecule has 1 amide bonds. The minimum Gasteiger partial charge on any atom is -0.497 e. The molecule has 31 heavy (non-hydrogen) atoms. The van der Waals surface area contributed by atoms with Gasteiger partial charge in [0.25, 0.3) is 5.56 Å². The third-order valence-corrected chi connectivity index (χ3v) is 5.71. The first kappa shape index (κ1) is 25.0. The molecule has 1 heterocycles. The predicted octanol–water partition coefficient (Wildman–Crippen LogP) is 5.23. The van der Waals surface area contributed by atoms with Crippen LogP contribution in [0.2, 0.25) is 0 Å². The van der Waals surface area contributed by atoms with Crippen LogP contribution < -0.4 is 10.3 Å². The molecule has 172 valence electrons. The number of benzene rings is 1. The van der Waals surface area contributed by atoms with Crippen LogP contribution in [0.1, 0.15) is 66.9 Å². The Morgan fingerprint density at radius 2 is 1.61 bits per heavy atom. The van der Waals surface area contributed by atoms with Crippen molar-refractivity contribution in [2.24, 2.45) is 11.8 Å². The second kappa shape index (κ2) is 10.3. The lowest BCUT2D eigenvalue weighted by molar-refractivity contribution is -0.132. The number of carbonyl (C=O) groups excluding carboxylic acids is 1. The van der Waals surface area contributed by atoms with Gasteiger partial charge in [-0.3, -0.25) is 14.2 Å². The number of hydrogen-bond acceptors (Lipinski definition) is 3. The molecule has 0 saturated heterocycles. The zero-order valence-corrected chi connectivity index (χ0v) is 20.6. The number of hydrogen-bond donors (Lipinski definition) is 0. The Bertz CT molecular complexity index is 940. The average Bonchev–Trinajstić information content (AvgIpc) is 2.68. The number of carbonyl (C=O) groups is 1. The second-order valence-corrected chi connectivity index (χ2v) is 10.4. The maximum atomic E-state index is 13.5. The molecule has 0 spiro atoms. The van der Waals surface area contributed by atoms with E-state index in [4.69, 9.17) is 4.74 Å². The van der Waals surface area contributed by atoms with E-state index in [1.807, 2.05) is 49.9 Å². The van der Waals surface area contributed by atoms with Gasteiger partial charge in [-0.15, -0.1) is 0 Å². The topological polar surface area (TPSA) is 51.5 Å². The number of amides is 1. The molecular weight excluding hydrogens is 388 g/mol. The molecule has 0 radical (unpaired) electrons. The van der Waals surface area contributed by atoms with E-state index < -0.39 is 0 Å². The molecule has 5 nitrogen and oxygen atoms in total. The molecule has 0 saturated carbocycles. The van der Waals surface area contributed by atoms with Gasteiger partial charge >= 0.3 is 0 Å². The molecule has 1 aromatic heterocycles. The number of pyridine rings is 1. The summed E-state index contributed by atoms with van der Waals surface area (Å²) in [6, 6.07) is 7.65. The summed E-state index contributed by atoms with van der Waals surface area (Å²) in [5.41, 5.74) is 1.03. The fraction of sp³-hybridized carbons (Fsp3) is 0.615. The lowest BCUT2D eigenvalue weighted by Gasteiger charge is -2.26. The van der Waals surface area contributed by atoms with Crippen molar-refractivity contribution in [2.45, 2.75) is 73.3 Å². The van der Waals surface area contributed by atoms with Crippen LogP contribution in [-0.4, -0.2) is 35.6 Å². The third kappa shape index (κ3) is 6.59. The Morgan fingerprint density at radius 1 is 1.03 bits per heavy atom. The second-order valence-electron chi connectivity index (χ2n) is 10.4. The van der Waals surface area contributed by atoms with E-state index >= 15 is 0 Å².